The van der Waals surface area contributed by atoms with Crippen molar-refractivity contribution in [3.05, 3.63) is 30.3 Å². The van der Waals surface area contributed by atoms with Gasteiger partial charge in [-0.25, -0.2) is 4.79 Å². The quantitative estimate of drug-likeness (QED) is 0.630. The molecule has 4 aliphatic rings. The molecule has 0 radical (unpaired) electrons. The van der Waals surface area contributed by atoms with Crippen LogP contribution in [0.3, 0.4) is 0 Å². The van der Waals surface area contributed by atoms with Crippen LogP contribution in [0.2, 0.25) is 0 Å². The number of hydrogen-bond acceptors (Lipinski definition) is 5. The zero-order valence-electron chi connectivity index (χ0n) is 21.1. The van der Waals surface area contributed by atoms with E-state index in [2.05, 4.69) is 15.5 Å². The number of urea groups is 1. The average Bonchev–Trinajstić information content (AvgIpc) is 3.52. The summed E-state index contributed by atoms with van der Waals surface area (Å²) in [7, 11) is 0. The molecule has 1 atom stereocenters. The highest BCUT2D eigenvalue weighted by Gasteiger charge is 2.54. The number of nitrogens with one attached hydrogen (secondary N) is 2. The van der Waals surface area contributed by atoms with Gasteiger partial charge in [0.2, 0.25) is 5.91 Å². The Morgan fingerprint density at radius 2 is 1.75 bits per heavy atom. The number of hydrogen-bond donors (Lipinski definition) is 2. The number of amides is 4. The molecule has 1 spiro atoms. The number of rotatable bonds is 6. The molecule has 4 fully saturated rings. The summed E-state index contributed by atoms with van der Waals surface area (Å²) in [6, 6.07) is 10.2. The van der Waals surface area contributed by atoms with E-state index in [4.69, 9.17) is 4.74 Å². The van der Waals surface area contributed by atoms with E-state index in [-0.39, 0.29) is 36.5 Å². The van der Waals surface area contributed by atoms with Gasteiger partial charge in [-0.3, -0.25) is 9.59 Å². The molecular weight excluding hydrogens is 458 g/mol. The molecule has 36 heavy (non-hydrogen) atoms. The van der Waals surface area contributed by atoms with Crippen LogP contribution >= 0.6 is 0 Å². The molecule has 9 nitrogen and oxygen atoms in total. The molecule has 3 saturated heterocycles. The van der Waals surface area contributed by atoms with Crippen molar-refractivity contribution in [3.8, 4) is 0 Å². The lowest BCUT2D eigenvalue weighted by atomic mass is 9.85. The van der Waals surface area contributed by atoms with Crippen molar-refractivity contribution in [1.29, 1.82) is 0 Å². The fourth-order valence-electron chi connectivity index (χ4n) is 6.18. The lowest BCUT2D eigenvalue weighted by molar-refractivity contribution is -0.137. The Bertz CT molecular complexity index is 921. The van der Waals surface area contributed by atoms with Crippen molar-refractivity contribution in [2.75, 3.05) is 44.4 Å². The van der Waals surface area contributed by atoms with Gasteiger partial charge in [0.05, 0.1) is 12.8 Å². The normalized spacial score (nSPS) is 24.4. The van der Waals surface area contributed by atoms with Crippen molar-refractivity contribution in [1.82, 2.24) is 20.4 Å². The lowest BCUT2D eigenvalue weighted by Crippen LogP contribution is -2.59. The Balaban J connectivity index is 1.24. The van der Waals surface area contributed by atoms with Gasteiger partial charge in [0.25, 0.3) is 5.91 Å². The molecule has 3 heterocycles. The summed E-state index contributed by atoms with van der Waals surface area (Å²) in [5.41, 5.74) is 0.228. The van der Waals surface area contributed by atoms with Crippen molar-refractivity contribution in [2.24, 2.45) is 0 Å². The molecule has 1 aromatic rings. The number of para-hydroxylation sites is 1. The molecule has 4 amide bonds. The highest BCUT2D eigenvalue weighted by Crippen LogP contribution is 2.39. The van der Waals surface area contributed by atoms with Crippen molar-refractivity contribution >= 4 is 23.5 Å². The second kappa shape index (κ2) is 11.1. The topological polar surface area (TPSA) is 94.2 Å². The smallest absolute Gasteiger partial charge is 0.317 e. The lowest BCUT2D eigenvalue weighted by Gasteiger charge is -2.43. The van der Waals surface area contributed by atoms with Gasteiger partial charge in [-0.05, 0) is 50.7 Å². The third-order valence-corrected chi connectivity index (χ3v) is 8.28. The molecule has 2 N–H and O–H groups in total. The minimum absolute atomic E-state index is 0.0150. The third kappa shape index (κ3) is 5.31. The van der Waals surface area contributed by atoms with E-state index in [0.29, 0.717) is 39.1 Å². The molecule has 5 rings (SSSR count). The fraction of sp³-hybridized carbons (Fsp3) is 0.667. The Morgan fingerprint density at radius 1 is 1.00 bits per heavy atom. The summed E-state index contributed by atoms with van der Waals surface area (Å²) in [6.45, 7) is 2.67. The molecule has 1 unspecified atom stereocenters. The van der Waals surface area contributed by atoms with Gasteiger partial charge in [-0.15, -0.1) is 0 Å². The van der Waals surface area contributed by atoms with E-state index < -0.39 is 5.54 Å². The van der Waals surface area contributed by atoms with Gasteiger partial charge in [0.1, 0.15) is 12.1 Å². The predicted octanol–water partition coefficient (Wildman–Crippen LogP) is 2.46. The standard InChI is InChI=1S/C27H39N5O4/c33-24(28-18-23-12-7-17-36-23)19-31-20-32(22-10-5-2-6-11-22)27(25(31)34)13-15-30(16-14-27)26(35)29-21-8-3-1-4-9-21/h2,5-6,10-11,21,23H,1,3-4,7-9,12-20H2,(H,28,33)(H,29,35). The summed E-state index contributed by atoms with van der Waals surface area (Å²) < 4.78 is 5.60. The molecule has 9 heteroatoms. The van der Waals surface area contributed by atoms with E-state index in [0.717, 1.165) is 38.0 Å². The van der Waals surface area contributed by atoms with Gasteiger partial charge in [-0.1, -0.05) is 37.5 Å². The Kier molecular flexibility index (Phi) is 7.65. The molecule has 0 bridgehead atoms. The van der Waals surface area contributed by atoms with Gasteiger partial charge in [0.15, 0.2) is 0 Å². The van der Waals surface area contributed by atoms with Crippen LogP contribution in [-0.4, -0.2) is 84.8 Å². The molecular formula is C27H39N5O4. The van der Waals surface area contributed by atoms with Crippen LogP contribution in [0.5, 0.6) is 0 Å². The first-order valence-electron chi connectivity index (χ1n) is 13.6. The highest BCUT2D eigenvalue weighted by molar-refractivity contribution is 5.96. The molecule has 3 aliphatic heterocycles. The van der Waals surface area contributed by atoms with E-state index in [1.54, 1.807) is 4.90 Å². The van der Waals surface area contributed by atoms with Crippen LogP contribution in [-0.2, 0) is 14.3 Å². The minimum atomic E-state index is -0.738. The van der Waals surface area contributed by atoms with Gasteiger partial charge >= 0.3 is 6.03 Å². The number of carbonyl (C=O) groups is 3. The number of piperidine rings is 1. The number of anilines is 1. The van der Waals surface area contributed by atoms with E-state index in [1.165, 1.54) is 19.3 Å². The minimum Gasteiger partial charge on any atom is -0.376 e. The summed E-state index contributed by atoms with van der Waals surface area (Å²) in [6.07, 6.45) is 8.84. The van der Waals surface area contributed by atoms with Gasteiger partial charge in [0, 0.05) is 38.0 Å². The first-order valence-corrected chi connectivity index (χ1v) is 13.6. The second-order valence-corrected chi connectivity index (χ2v) is 10.7. The Labute approximate surface area is 213 Å². The number of nitrogens with zero attached hydrogens (tertiary/aromatic N) is 3. The summed E-state index contributed by atoms with van der Waals surface area (Å²) in [4.78, 5) is 45.1. The zero-order chi connectivity index (χ0) is 25.0. The molecule has 0 aromatic heterocycles. The first kappa shape index (κ1) is 24.9. The van der Waals surface area contributed by atoms with Crippen molar-refractivity contribution in [3.63, 3.8) is 0 Å². The predicted molar refractivity (Wildman–Crippen MR) is 136 cm³/mol. The molecule has 1 saturated carbocycles. The highest BCUT2D eigenvalue weighted by atomic mass is 16.5. The second-order valence-electron chi connectivity index (χ2n) is 10.7. The maximum absolute atomic E-state index is 13.8. The molecule has 1 aromatic carbocycles. The number of ether oxygens (including phenoxy) is 1. The van der Waals surface area contributed by atoms with Crippen LogP contribution in [0.4, 0.5) is 10.5 Å². The summed E-state index contributed by atoms with van der Waals surface area (Å²) in [5.74, 6) is -0.181. The average molecular weight is 498 g/mol. The zero-order valence-corrected chi connectivity index (χ0v) is 21.1. The van der Waals surface area contributed by atoms with Crippen molar-refractivity contribution < 1.29 is 19.1 Å². The SMILES string of the molecule is O=C(CN1CN(c2ccccc2)C2(CCN(C(=O)NC3CCCCC3)CC2)C1=O)NCC1CCCO1. The maximum atomic E-state index is 13.8. The van der Waals surface area contributed by atoms with Crippen molar-refractivity contribution in [2.45, 2.75) is 75.5 Å². The summed E-state index contributed by atoms with van der Waals surface area (Å²) in [5, 5.41) is 6.15. The van der Waals surface area contributed by atoms with Gasteiger partial charge in [-0.2, -0.15) is 0 Å². The first-order chi connectivity index (χ1) is 17.5. The monoisotopic (exact) mass is 497 g/mol. The number of carbonyl (C=O) groups excluding carboxylic acids is 3. The Hall–Kier alpha value is -2.81. The fourth-order valence-corrected chi connectivity index (χ4v) is 6.18. The largest absolute Gasteiger partial charge is 0.376 e. The van der Waals surface area contributed by atoms with E-state index in [9.17, 15) is 14.4 Å². The Morgan fingerprint density at radius 3 is 2.44 bits per heavy atom. The van der Waals surface area contributed by atoms with Crippen LogP contribution < -0.4 is 15.5 Å². The third-order valence-electron chi connectivity index (χ3n) is 8.28. The van der Waals surface area contributed by atoms with Crippen LogP contribution in [0.25, 0.3) is 0 Å². The number of likely N-dealkylation sites (tertiary alicyclic amines) is 1. The van der Waals surface area contributed by atoms with Gasteiger partial charge < -0.3 is 30.1 Å². The number of benzene rings is 1. The maximum Gasteiger partial charge on any atom is 0.317 e. The van der Waals surface area contributed by atoms with E-state index in [1.807, 2.05) is 35.2 Å². The summed E-state index contributed by atoms with van der Waals surface area (Å²) >= 11 is 0. The molecule has 196 valence electrons. The van der Waals surface area contributed by atoms with Crippen LogP contribution in [0, 0.1) is 0 Å². The van der Waals surface area contributed by atoms with Crippen LogP contribution in [0.15, 0.2) is 30.3 Å². The van der Waals surface area contributed by atoms with Crippen LogP contribution in [0.1, 0.15) is 57.8 Å². The molecule has 1 aliphatic carbocycles. The van der Waals surface area contributed by atoms with E-state index >= 15 is 0 Å².